The van der Waals surface area contributed by atoms with E-state index in [9.17, 15) is 18.0 Å². The molecule has 0 bridgehead atoms. The Kier molecular flexibility index (Phi) is 7.06. The highest BCUT2D eigenvalue weighted by molar-refractivity contribution is 7.90. The minimum absolute atomic E-state index is 0.268. The summed E-state index contributed by atoms with van der Waals surface area (Å²) in [6.07, 6.45) is 0. The summed E-state index contributed by atoms with van der Waals surface area (Å²) in [5.41, 5.74) is -0.268. The molecule has 0 aliphatic rings. The molecular weight excluding hydrogens is 473 g/mol. The number of esters is 1. The standard InChI is InChI=1S/C14H12Cl3N5O6S/c1-27-9(23)7-5-3-4-6-8(7)29(25,26)22-12(24)20-11-18-10(14(15,16)17)19-13(21-11)28-2/h3-6H,1-2H3,(H2,18,19,20,21,22,24). The number of halogens is 3. The molecule has 0 saturated carbocycles. The van der Waals surface area contributed by atoms with Crippen molar-refractivity contribution in [2.45, 2.75) is 8.69 Å². The van der Waals surface area contributed by atoms with Crippen molar-refractivity contribution in [2.75, 3.05) is 19.5 Å². The lowest BCUT2D eigenvalue weighted by atomic mass is 10.2. The Bertz CT molecular complexity index is 1040. The number of hydrogen-bond acceptors (Lipinski definition) is 9. The number of ether oxygens (including phenoxy) is 2. The topological polar surface area (TPSA) is 149 Å². The maximum absolute atomic E-state index is 12.5. The molecule has 0 saturated heterocycles. The SMILES string of the molecule is COC(=O)c1ccccc1S(=O)(=O)NC(=O)Nc1nc(OC)nc(C(Cl)(Cl)Cl)n1. The van der Waals surface area contributed by atoms with Gasteiger partial charge in [0.05, 0.1) is 19.8 Å². The number of benzene rings is 1. The highest BCUT2D eigenvalue weighted by Gasteiger charge is 2.29. The van der Waals surface area contributed by atoms with Gasteiger partial charge in [-0.2, -0.15) is 15.0 Å². The molecule has 0 radical (unpaired) electrons. The van der Waals surface area contributed by atoms with Crippen LogP contribution >= 0.6 is 34.8 Å². The molecule has 0 unspecified atom stereocenters. The van der Waals surface area contributed by atoms with E-state index in [1.165, 1.54) is 25.3 Å². The molecule has 156 valence electrons. The number of aromatic nitrogens is 3. The van der Waals surface area contributed by atoms with E-state index in [2.05, 4.69) is 25.0 Å². The Morgan fingerprint density at radius 3 is 2.31 bits per heavy atom. The number of alkyl halides is 3. The largest absolute Gasteiger partial charge is 0.467 e. The van der Waals surface area contributed by atoms with Crippen LogP contribution in [0.15, 0.2) is 29.2 Å². The summed E-state index contributed by atoms with van der Waals surface area (Å²) in [6.45, 7) is 0. The number of hydrogen-bond donors (Lipinski definition) is 2. The second-order valence-electron chi connectivity index (χ2n) is 5.01. The fraction of sp³-hybridized carbons (Fsp3) is 0.214. The van der Waals surface area contributed by atoms with Crippen LogP contribution in [0.4, 0.5) is 10.7 Å². The maximum Gasteiger partial charge on any atom is 0.339 e. The Morgan fingerprint density at radius 1 is 1.07 bits per heavy atom. The summed E-state index contributed by atoms with van der Waals surface area (Å²) in [7, 11) is -2.16. The van der Waals surface area contributed by atoms with Crippen LogP contribution in [0.3, 0.4) is 0 Å². The lowest BCUT2D eigenvalue weighted by molar-refractivity contribution is 0.0596. The Balaban J connectivity index is 2.29. The average Bonchev–Trinajstić information content (AvgIpc) is 2.65. The number of amides is 2. The fourth-order valence-corrected chi connectivity index (χ4v) is 3.27. The Morgan fingerprint density at radius 2 is 1.72 bits per heavy atom. The third-order valence-corrected chi connectivity index (χ3v) is 4.98. The third-order valence-electron chi connectivity index (χ3n) is 3.09. The van der Waals surface area contributed by atoms with Gasteiger partial charge in [0.25, 0.3) is 10.0 Å². The number of urea groups is 1. The van der Waals surface area contributed by atoms with Crippen molar-refractivity contribution >= 4 is 62.8 Å². The van der Waals surface area contributed by atoms with E-state index in [-0.39, 0.29) is 17.4 Å². The highest BCUT2D eigenvalue weighted by Crippen LogP contribution is 2.36. The van der Waals surface area contributed by atoms with Gasteiger partial charge in [0.15, 0.2) is 5.82 Å². The van der Waals surface area contributed by atoms with E-state index in [0.29, 0.717) is 0 Å². The molecule has 1 heterocycles. The summed E-state index contributed by atoms with van der Waals surface area (Å²) in [4.78, 5) is 34.6. The van der Waals surface area contributed by atoms with Crippen molar-refractivity contribution in [3.63, 3.8) is 0 Å². The van der Waals surface area contributed by atoms with Crippen molar-refractivity contribution in [2.24, 2.45) is 0 Å². The van der Waals surface area contributed by atoms with Gasteiger partial charge in [-0.15, -0.1) is 0 Å². The summed E-state index contributed by atoms with van der Waals surface area (Å²) in [5.74, 6) is -1.73. The first-order valence-electron chi connectivity index (χ1n) is 7.36. The Hall–Kier alpha value is -2.41. The third kappa shape index (κ3) is 5.79. The van der Waals surface area contributed by atoms with Gasteiger partial charge < -0.3 is 9.47 Å². The van der Waals surface area contributed by atoms with E-state index in [0.717, 1.165) is 13.2 Å². The molecule has 0 aliphatic heterocycles. The number of methoxy groups -OCH3 is 2. The van der Waals surface area contributed by atoms with Crippen LogP contribution in [-0.4, -0.2) is 49.6 Å². The van der Waals surface area contributed by atoms with Crippen LogP contribution in [0.25, 0.3) is 0 Å². The van der Waals surface area contributed by atoms with Crippen molar-refractivity contribution < 1.29 is 27.5 Å². The zero-order chi connectivity index (χ0) is 21.8. The fourth-order valence-electron chi connectivity index (χ4n) is 1.91. The highest BCUT2D eigenvalue weighted by atomic mass is 35.6. The van der Waals surface area contributed by atoms with Crippen LogP contribution in [0.5, 0.6) is 6.01 Å². The molecule has 1 aromatic heterocycles. The maximum atomic E-state index is 12.5. The quantitative estimate of drug-likeness (QED) is 0.480. The van der Waals surface area contributed by atoms with Gasteiger partial charge in [0.1, 0.15) is 4.90 Å². The van der Waals surface area contributed by atoms with Crippen LogP contribution in [0.1, 0.15) is 16.2 Å². The van der Waals surface area contributed by atoms with E-state index < -0.39 is 36.7 Å². The summed E-state index contributed by atoms with van der Waals surface area (Å²) >= 11 is 17.1. The monoisotopic (exact) mass is 483 g/mol. The number of carbonyl (C=O) groups excluding carboxylic acids is 2. The molecule has 2 rings (SSSR count). The van der Waals surface area contributed by atoms with Crippen molar-refractivity contribution in [1.82, 2.24) is 19.7 Å². The zero-order valence-corrected chi connectivity index (χ0v) is 17.7. The molecule has 0 spiro atoms. The predicted octanol–water partition coefficient (Wildman–Crippen LogP) is 2.00. The summed E-state index contributed by atoms with van der Waals surface area (Å²) < 4.78 is 34.0. The van der Waals surface area contributed by atoms with E-state index >= 15 is 0 Å². The number of nitrogens with zero attached hydrogens (tertiary/aromatic N) is 3. The summed E-state index contributed by atoms with van der Waals surface area (Å²) in [5, 5.41) is 2.05. The van der Waals surface area contributed by atoms with Crippen molar-refractivity contribution in [3.8, 4) is 6.01 Å². The molecule has 0 aliphatic carbocycles. The first-order valence-corrected chi connectivity index (χ1v) is 9.98. The number of nitrogens with one attached hydrogen (secondary N) is 2. The minimum Gasteiger partial charge on any atom is -0.467 e. The smallest absolute Gasteiger partial charge is 0.339 e. The molecule has 2 amide bonds. The molecular formula is C14H12Cl3N5O6S. The molecule has 0 fully saturated rings. The Labute approximate surface area is 179 Å². The van der Waals surface area contributed by atoms with Gasteiger partial charge in [0.2, 0.25) is 9.74 Å². The predicted molar refractivity (Wildman–Crippen MR) is 103 cm³/mol. The minimum atomic E-state index is -4.46. The molecule has 29 heavy (non-hydrogen) atoms. The molecule has 0 atom stereocenters. The number of carbonyl (C=O) groups is 2. The second kappa shape index (κ2) is 8.95. The van der Waals surface area contributed by atoms with Crippen LogP contribution in [0.2, 0.25) is 0 Å². The van der Waals surface area contributed by atoms with Crippen molar-refractivity contribution in [3.05, 3.63) is 35.7 Å². The van der Waals surface area contributed by atoms with Crippen LogP contribution < -0.4 is 14.8 Å². The van der Waals surface area contributed by atoms with E-state index in [4.69, 9.17) is 39.5 Å². The number of rotatable bonds is 5. The average molecular weight is 485 g/mol. The van der Waals surface area contributed by atoms with Gasteiger partial charge in [-0.1, -0.05) is 46.9 Å². The van der Waals surface area contributed by atoms with Gasteiger partial charge in [-0.3, -0.25) is 5.32 Å². The second-order valence-corrected chi connectivity index (χ2v) is 8.95. The van der Waals surface area contributed by atoms with Crippen LogP contribution in [-0.2, 0) is 18.6 Å². The van der Waals surface area contributed by atoms with Gasteiger partial charge in [0, 0.05) is 0 Å². The first-order chi connectivity index (χ1) is 13.5. The first kappa shape index (κ1) is 22.9. The zero-order valence-electron chi connectivity index (χ0n) is 14.6. The van der Waals surface area contributed by atoms with Gasteiger partial charge in [-0.25, -0.2) is 22.7 Å². The number of anilines is 1. The summed E-state index contributed by atoms with van der Waals surface area (Å²) in [6, 6.07) is 3.59. The van der Waals surface area contributed by atoms with Crippen LogP contribution in [0, 0.1) is 0 Å². The van der Waals surface area contributed by atoms with E-state index in [1.54, 1.807) is 4.72 Å². The van der Waals surface area contributed by atoms with Crippen molar-refractivity contribution in [1.29, 1.82) is 0 Å². The van der Waals surface area contributed by atoms with Gasteiger partial charge in [-0.05, 0) is 12.1 Å². The lowest BCUT2D eigenvalue weighted by Gasteiger charge is -2.13. The van der Waals surface area contributed by atoms with E-state index in [1.807, 2.05) is 0 Å². The van der Waals surface area contributed by atoms with Gasteiger partial charge >= 0.3 is 18.0 Å². The lowest BCUT2D eigenvalue weighted by Crippen LogP contribution is -2.35. The molecule has 11 nitrogen and oxygen atoms in total. The normalized spacial score (nSPS) is 11.5. The number of sulfonamides is 1. The molecule has 1 aromatic carbocycles. The molecule has 15 heteroatoms. The molecule has 2 N–H and O–H groups in total. The molecule has 2 aromatic rings.